The highest BCUT2D eigenvalue weighted by Gasteiger charge is 2.52. The molecule has 3 nitrogen and oxygen atoms in total. The second kappa shape index (κ2) is 2.76. The highest BCUT2D eigenvalue weighted by Crippen LogP contribution is 2.55. The zero-order chi connectivity index (χ0) is 9.99. The summed E-state index contributed by atoms with van der Waals surface area (Å²) in [5.41, 5.74) is 3.21. The van der Waals surface area contributed by atoms with Crippen LogP contribution < -0.4 is 5.43 Å². The molecule has 4 saturated carbocycles. The fraction of sp³-hybridized carbons (Fsp3) is 0.917. The van der Waals surface area contributed by atoms with Crippen LogP contribution in [0.2, 0.25) is 0 Å². The van der Waals surface area contributed by atoms with E-state index in [1.807, 2.05) is 5.01 Å². The van der Waals surface area contributed by atoms with Crippen LogP contribution in [0, 0.1) is 23.7 Å². The Kier molecular flexibility index (Phi) is 1.58. The number of nitrogens with zero attached hydrogens (tertiary/aromatic N) is 1. The van der Waals surface area contributed by atoms with Crippen LogP contribution in [0.5, 0.6) is 0 Å². The molecule has 1 aliphatic heterocycles. The van der Waals surface area contributed by atoms with E-state index in [1.54, 1.807) is 0 Å². The first-order valence-corrected chi connectivity index (χ1v) is 6.37. The van der Waals surface area contributed by atoms with Gasteiger partial charge in [0.1, 0.15) is 0 Å². The van der Waals surface area contributed by atoms with Crippen molar-refractivity contribution < 1.29 is 4.79 Å². The Bertz CT molecular complexity index is 287. The van der Waals surface area contributed by atoms with Crippen molar-refractivity contribution in [3.8, 4) is 0 Å². The monoisotopic (exact) mass is 206 g/mol. The molecule has 3 heteroatoms. The molecule has 1 N–H and O–H groups in total. The van der Waals surface area contributed by atoms with Crippen molar-refractivity contribution in [2.45, 2.75) is 38.1 Å². The van der Waals surface area contributed by atoms with Crippen molar-refractivity contribution in [3.05, 3.63) is 0 Å². The molecule has 1 heterocycles. The highest BCUT2D eigenvalue weighted by molar-refractivity contribution is 5.82. The maximum Gasteiger partial charge on any atom is 0.252 e. The number of hydrazine groups is 1. The molecule has 0 aromatic carbocycles. The second-order valence-electron chi connectivity index (χ2n) is 6.02. The van der Waals surface area contributed by atoms with Gasteiger partial charge in [-0.05, 0) is 55.8 Å². The van der Waals surface area contributed by atoms with Gasteiger partial charge in [0.15, 0.2) is 0 Å². The summed E-state index contributed by atoms with van der Waals surface area (Å²) in [5.74, 6) is 3.96. The molecule has 82 valence electrons. The molecule has 4 aliphatic carbocycles. The number of amides is 1. The Hall–Kier alpha value is -0.570. The lowest BCUT2D eigenvalue weighted by Crippen LogP contribution is -2.69. The first-order valence-electron chi connectivity index (χ1n) is 6.37. The van der Waals surface area contributed by atoms with Crippen LogP contribution in [0.4, 0.5) is 0 Å². The van der Waals surface area contributed by atoms with Gasteiger partial charge in [0.05, 0.1) is 12.6 Å². The van der Waals surface area contributed by atoms with E-state index in [4.69, 9.17) is 0 Å². The number of carbonyl (C=O) groups is 1. The van der Waals surface area contributed by atoms with Crippen LogP contribution >= 0.6 is 0 Å². The summed E-state index contributed by atoms with van der Waals surface area (Å²) in [6, 6.07) is 0.555. The van der Waals surface area contributed by atoms with Gasteiger partial charge < -0.3 is 0 Å². The molecule has 0 aromatic rings. The minimum absolute atomic E-state index is 0.326. The van der Waals surface area contributed by atoms with Crippen LogP contribution in [-0.4, -0.2) is 23.5 Å². The van der Waals surface area contributed by atoms with Crippen LogP contribution in [0.3, 0.4) is 0 Å². The fourth-order valence-corrected chi connectivity index (χ4v) is 4.82. The molecule has 0 spiro atoms. The average molecular weight is 206 g/mol. The molecule has 5 fully saturated rings. The molecule has 5 rings (SSSR count). The largest absolute Gasteiger partial charge is 0.273 e. The molecule has 0 radical (unpaired) electrons. The van der Waals surface area contributed by atoms with Crippen LogP contribution in [0.1, 0.15) is 32.1 Å². The molecule has 0 unspecified atom stereocenters. The van der Waals surface area contributed by atoms with E-state index in [9.17, 15) is 4.79 Å². The number of hydrogen-bond donors (Lipinski definition) is 1. The van der Waals surface area contributed by atoms with Gasteiger partial charge >= 0.3 is 0 Å². The summed E-state index contributed by atoms with van der Waals surface area (Å²) >= 11 is 0. The van der Waals surface area contributed by atoms with E-state index in [2.05, 4.69) is 5.43 Å². The molecule has 5 aliphatic rings. The smallest absolute Gasteiger partial charge is 0.252 e. The zero-order valence-electron chi connectivity index (χ0n) is 8.98. The van der Waals surface area contributed by atoms with Crippen molar-refractivity contribution >= 4 is 5.91 Å². The van der Waals surface area contributed by atoms with Gasteiger partial charge in [0.25, 0.3) is 5.91 Å². The molecule has 15 heavy (non-hydrogen) atoms. The number of rotatable bonds is 1. The Morgan fingerprint density at radius 3 is 2.00 bits per heavy atom. The second-order valence-corrected chi connectivity index (χ2v) is 6.02. The van der Waals surface area contributed by atoms with Crippen LogP contribution in [0.25, 0.3) is 0 Å². The summed E-state index contributed by atoms with van der Waals surface area (Å²) in [6.07, 6.45) is 7.06. The average Bonchev–Trinajstić information content (AvgIpc) is 2.20. The van der Waals surface area contributed by atoms with E-state index >= 15 is 0 Å². The van der Waals surface area contributed by atoms with Gasteiger partial charge in [-0.2, -0.15) is 0 Å². The van der Waals surface area contributed by atoms with Gasteiger partial charge in [0.2, 0.25) is 0 Å². The lowest BCUT2D eigenvalue weighted by molar-refractivity contribution is -0.164. The number of hydrogen-bond acceptors (Lipinski definition) is 2. The topological polar surface area (TPSA) is 32.3 Å². The zero-order valence-corrected chi connectivity index (χ0v) is 8.98. The third kappa shape index (κ3) is 1.07. The van der Waals surface area contributed by atoms with Crippen molar-refractivity contribution in [2.24, 2.45) is 23.7 Å². The maximum absolute atomic E-state index is 11.5. The van der Waals surface area contributed by atoms with E-state index in [-0.39, 0.29) is 0 Å². The summed E-state index contributed by atoms with van der Waals surface area (Å²) < 4.78 is 0. The standard InChI is InChI=1S/C12H18N2O/c15-11-6-13-14(11)12-9-2-7-1-8(4-9)5-10(12)3-7/h7-10,12-13H,1-6H2. The first kappa shape index (κ1) is 8.57. The maximum atomic E-state index is 11.5. The van der Waals surface area contributed by atoms with Crippen LogP contribution in [-0.2, 0) is 4.79 Å². The van der Waals surface area contributed by atoms with Crippen LogP contribution in [0.15, 0.2) is 0 Å². The van der Waals surface area contributed by atoms with Gasteiger partial charge in [-0.3, -0.25) is 9.80 Å². The Morgan fingerprint density at radius 2 is 1.60 bits per heavy atom. The Labute approximate surface area is 90.2 Å². The third-order valence-corrected chi connectivity index (χ3v) is 5.14. The van der Waals surface area contributed by atoms with E-state index < -0.39 is 0 Å². The molecule has 4 bridgehead atoms. The van der Waals surface area contributed by atoms with Gasteiger partial charge in [-0.1, -0.05) is 0 Å². The highest BCUT2D eigenvalue weighted by atomic mass is 16.2. The molecule has 1 saturated heterocycles. The lowest BCUT2D eigenvalue weighted by atomic mass is 9.54. The van der Waals surface area contributed by atoms with E-state index in [1.165, 1.54) is 32.1 Å². The molecular weight excluding hydrogens is 188 g/mol. The summed E-state index contributed by atoms with van der Waals surface area (Å²) in [6.45, 7) is 0.572. The first-order chi connectivity index (χ1) is 7.31. The molecule has 1 amide bonds. The molecular formula is C12H18N2O. The van der Waals surface area contributed by atoms with Gasteiger partial charge in [-0.15, -0.1) is 0 Å². The van der Waals surface area contributed by atoms with Crippen molar-refractivity contribution in [3.63, 3.8) is 0 Å². The van der Waals surface area contributed by atoms with Crippen molar-refractivity contribution in [1.82, 2.24) is 10.4 Å². The lowest BCUT2D eigenvalue weighted by Gasteiger charge is -2.58. The third-order valence-electron chi connectivity index (χ3n) is 5.14. The quantitative estimate of drug-likeness (QED) is 0.698. The van der Waals surface area contributed by atoms with Gasteiger partial charge in [-0.25, -0.2) is 5.43 Å². The van der Waals surface area contributed by atoms with E-state index in [0.29, 0.717) is 18.5 Å². The van der Waals surface area contributed by atoms with Crippen molar-refractivity contribution in [1.29, 1.82) is 0 Å². The minimum Gasteiger partial charge on any atom is -0.273 e. The normalized spacial score (nSPS) is 52.1. The number of carbonyl (C=O) groups excluding carboxylic acids is 1. The predicted octanol–water partition coefficient (Wildman–Crippen LogP) is 1.16. The minimum atomic E-state index is 0.326. The van der Waals surface area contributed by atoms with Crippen molar-refractivity contribution in [2.75, 3.05) is 6.54 Å². The van der Waals surface area contributed by atoms with Gasteiger partial charge in [0, 0.05) is 0 Å². The Morgan fingerprint density at radius 1 is 1.00 bits per heavy atom. The molecule has 0 aromatic heterocycles. The summed E-state index contributed by atoms with van der Waals surface area (Å²) in [4.78, 5) is 11.5. The summed E-state index contributed by atoms with van der Waals surface area (Å²) in [7, 11) is 0. The predicted molar refractivity (Wildman–Crippen MR) is 55.7 cm³/mol. The Balaban J connectivity index is 1.62. The summed E-state index contributed by atoms with van der Waals surface area (Å²) in [5, 5.41) is 1.97. The van der Waals surface area contributed by atoms with E-state index in [0.717, 1.165) is 23.7 Å². The number of nitrogens with one attached hydrogen (secondary N) is 1. The SMILES string of the molecule is O=C1CNN1C1C2CC3CC(C2)CC1C3. The fourth-order valence-electron chi connectivity index (χ4n) is 4.82. The molecule has 0 atom stereocenters.